The van der Waals surface area contributed by atoms with Gasteiger partial charge in [0.1, 0.15) is 8.07 Å². The van der Waals surface area contributed by atoms with Gasteiger partial charge in [0.2, 0.25) is 0 Å². The number of imidazole rings is 1. The predicted octanol–water partition coefficient (Wildman–Crippen LogP) is 5.01. The summed E-state index contributed by atoms with van der Waals surface area (Å²) in [4.78, 5) is 4.76. The largest absolute Gasteiger partial charge is 0.417 e. The van der Waals surface area contributed by atoms with E-state index in [1.807, 2.05) is 6.20 Å². The minimum atomic E-state index is -1.61. The molecule has 0 bridgehead atoms. The van der Waals surface area contributed by atoms with Gasteiger partial charge in [-0.1, -0.05) is 59.7 Å². The normalized spacial score (nSPS) is 13.6. The molecule has 1 heterocycles. The van der Waals surface area contributed by atoms with E-state index in [0.29, 0.717) is 5.04 Å². The van der Waals surface area contributed by atoms with Crippen LogP contribution in [-0.2, 0) is 11.0 Å². The summed E-state index contributed by atoms with van der Waals surface area (Å²) in [6.45, 7) is 20.5. The third-order valence-electron chi connectivity index (χ3n) is 6.03. The van der Waals surface area contributed by atoms with E-state index < -0.39 is 16.4 Å². The number of aromatic nitrogens is 2. The SMILES string of the molecule is CC[Si](CC)(CC)c1nccn1CCCO[Si](C)(C)C(C)(C)C. The van der Waals surface area contributed by atoms with Gasteiger partial charge >= 0.3 is 0 Å². The smallest absolute Gasteiger partial charge is 0.191 e. The zero-order valence-electron chi connectivity index (χ0n) is 16.7. The second kappa shape index (κ2) is 8.12. The van der Waals surface area contributed by atoms with Crippen LogP contribution in [0.15, 0.2) is 12.4 Å². The molecular weight excluding hydrogens is 316 g/mol. The Morgan fingerprint density at radius 1 is 1.09 bits per heavy atom. The summed E-state index contributed by atoms with van der Waals surface area (Å²) in [5, 5.41) is 0.294. The van der Waals surface area contributed by atoms with E-state index >= 15 is 0 Å². The summed E-state index contributed by atoms with van der Waals surface area (Å²) in [5.41, 5.74) is 1.40. The maximum Gasteiger partial charge on any atom is 0.191 e. The first-order valence-corrected chi connectivity index (χ1v) is 14.8. The van der Waals surface area contributed by atoms with Crippen LogP contribution in [0.5, 0.6) is 0 Å². The second-order valence-corrected chi connectivity index (χ2v) is 18.2. The first kappa shape index (κ1) is 20.6. The Bertz CT molecular complexity index is 465. The van der Waals surface area contributed by atoms with Crippen LogP contribution in [0.2, 0.25) is 36.3 Å². The van der Waals surface area contributed by atoms with Gasteiger partial charge in [0, 0.05) is 25.5 Å². The molecule has 0 fully saturated rings. The van der Waals surface area contributed by atoms with E-state index in [4.69, 9.17) is 9.41 Å². The Balaban J connectivity index is 2.66. The lowest BCUT2D eigenvalue weighted by Crippen LogP contribution is -2.51. The van der Waals surface area contributed by atoms with Crippen LogP contribution in [0.1, 0.15) is 48.0 Å². The Hall–Kier alpha value is -0.396. The number of nitrogens with zero attached hydrogens (tertiary/aromatic N) is 2. The topological polar surface area (TPSA) is 27.1 Å². The first-order chi connectivity index (χ1) is 10.6. The molecule has 3 nitrogen and oxygen atoms in total. The standard InChI is InChI=1S/C18H38N2OSi2/c1-9-23(10-2,11-3)17-19-13-15-20(17)14-12-16-21-22(7,8)18(4,5)6/h13,15H,9-12,14,16H2,1-8H3. The number of hydrogen-bond donors (Lipinski definition) is 0. The minimum Gasteiger partial charge on any atom is -0.417 e. The first-order valence-electron chi connectivity index (χ1n) is 9.29. The van der Waals surface area contributed by atoms with E-state index in [0.717, 1.165) is 19.6 Å². The highest BCUT2D eigenvalue weighted by Crippen LogP contribution is 2.36. The lowest BCUT2D eigenvalue weighted by atomic mass is 10.2. The van der Waals surface area contributed by atoms with Crippen LogP contribution in [0.4, 0.5) is 0 Å². The molecule has 0 amide bonds. The van der Waals surface area contributed by atoms with Crippen molar-refractivity contribution in [2.45, 2.75) is 90.8 Å². The number of aryl methyl sites for hydroxylation is 1. The molecule has 0 aliphatic carbocycles. The molecule has 0 N–H and O–H groups in total. The molecule has 0 aliphatic rings. The molecular formula is C18H38N2OSi2. The zero-order valence-corrected chi connectivity index (χ0v) is 18.7. The van der Waals surface area contributed by atoms with Crippen LogP contribution < -0.4 is 5.45 Å². The molecule has 0 unspecified atom stereocenters. The van der Waals surface area contributed by atoms with Gasteiger partial charge in [-0.15, -0.1) is 0 Å². The molecule has 0 spiro atoms. The van der Waals surface area contributed by atoms with E-state index in [2.05, 4.69) is 65.4 Å². The van der Waals surface area contributed by atoms with Gasteiger partial charge in [-0.25, -0.2) is 4.98 Å². The van der Waals surface area contributed by atoms with Crippen molar-refractivity contribution in [1.82, 2.24) is 9.55 Å². The van der Waals surface area contributed by atoms with Crippen molar-refractivity contribution in [1.29, 1.82) is 0 Å². The molecule has 5 heteroatoms. The Labute approximate surface area is 146 Å². The average Bonchev–Trinajstić information content (AvgIpc) is 2.94. The average molecular weight is 355 g/mol. The molecule has 23 heavy (non-hydrogen) atoms. The predicted molar refractivity (Wildman–Crippen MR) is 107 cm³/mol. The van der Waals surface area contributed by atoms with E-state index in [1.165, 1.54) is 23.6 Å². The van der Waals surface area contributed by atoms with E-state index in [-0.39, 0.29) is 0 Å². The quantitative estimate of drug-likeness (QED) is 0.460. The van der Waals surface area contributed by atoms with Gasteiger partial charge in [-0.05, 0) is 24.6 Å². The molecule has 0 aliphatic heterocycles. The van der Waals surface area contributed by atoms with Gasteiger partial charge < -0.3 is 8.99 Å². The Morgan fingerprint density at radius 3 is 2.13 bits per heavy atom. The minimum absolute atomic E-state index is 0.294. The third-order valence-corrected chi connectivity index (χ3v) is 16.0. The van der Waals surface area contributed by atoms with Crippen molar-refractivity contribution in [2.24, 2.45) is 0 Å². The van der Waals surface area contributed by atoms with Gasteiger partial charge in [-0.3, -0.25) is 0 Å². The summed E-state index contributed by atoms with van der Waals surface area (Å²) in [6, 6.07) is 3.87. The summed E-state index contributed by atoms with van der Waals surface area (Å²) < 4.78 is 8.73. The lowest BCUT2D eigenvalue weighted by molar-refractivity contribution is 0.275. The summed E-state index contributed by atoms with van der Waals surface area (Å²) in [6.07, 6.45) is 5.24. The van der Waals surface area contributed by atoms with E-state index in [9.17, 15) is 0 Å². The highest BCUT2D eigenvalue weighted by atomic mass is 28.4. The van der Waals surface area contributed by atoms with Crippen molar-refractivity contribution in [3.05, 3.63) is 12.4 Å². The molecule has 1 rings (SSSR count). The summed E-state index contributed by atoms with van der Waals surface area (Å²) in [5.74, 6) is 0. The van der Waals surface area contributed by atoms with Crippen LogP contribution >= 0.6 is 0 Å². The number of hydrogen-bond acceptors (Lipinski definition) is 2. The lowest BCUT2D eigenvalue weighted by Gasteiger charge is -2.36. The van der Waals surface area contributed by atoms with Crippen molar-refractivity contribution in [3.63, 3.8) is 0 Å². The molecule has 0 aromatic carbocycles. The maximum atomic E-state index is 6.31. The molecule has 0 saturated carbocycles. The molecule has 1 aromatic heterocycles. The van der Waals surface area contributed by atoms with E-state index in [1.54, 1.807) is 0 Å². The van der Waals surface area contributed by atoms with Gasteiger partial charge in [0.15, 0.2) is 8.32 Å². The van der Waals surface area contributed by atoms with Crippen molar-refractivity contribution in [2.75, 3.05) is 6.61 Å². The summed E-state index contributed by atoms with van der Waals surface area (Å²) in [7, 11) is -3.01. The third kappa shape index (κ3) is 4.80. The highest BCUT2D eigenvalue weighted by Gasteiger charge is 2.37. The van der Waals surface area contributed by atoms with Crippen molar-refractivity contribution >= 4 is 21.8 Å². The van der Waals surface area contributed by atoms with Crippen LogP contribution in [0, 0.1) is 0 Å². The fourth-order valence-electron chi connectivity index (χ4n) is 2.95. The number of rotatable bonds is 9. The Morgan fingerprint density at radius 2 is 1.65 bits per heavy atom. The van der Waals surface area contributed by atoms with Gasteiger partial charge in [-0.2, -0.15) is 0 Å². The molecule has 1 aromatic rings. The van der Waals surface area contributed by atoms with Crippen LogP contribution in [0.3, 0.4) is 0 Å². The Kier molecular flexibility index (Phi) is 7.29. The highest BCUT2D eigenvalue weighted by molar-refractivity contribution is 6.90. The molecule has 134 valence electrons. The van der Waals surface area contributed by atoms with Gasteiger partial charge in [0.25, 0.3) is 0 Å². The fourth-order valence-corrected chi connectivity index (χ4v) is 7.63. The van der Waals surface area contributed by atoms with Crippen molar-refractivity contribution in [3.8, 4) is 0 Å². The fraction of sp³-hybridized carbons (Fsp3) is 0.833. The molecule has 0 atom stereocenters. The summed E-state index contributed by atoms with van der Waals surface area (Å²) >= 11 is 0. The molecule has 0 radical (unpaired) electrons. The zero-order chi connectivity index (χ0) is 17.7. The second-order valence-electron chi connectivity index (χ2n) is 8.25. The maximum absolute atomic E-state index is 6.31. The van der Waals surface area contributed by atoms with Gasteiger partial charge in [0.05, 0.1) is 5.45 Å². The molecule has 0 saturated heterocycles. The van der Waals surface area contributed by atoms with Crippen LogP contribution in [0.25, 0.3) is 0 Å². The monoisotopic (exact) mass is 354 g/mol. The van der Waals surface area contributed by atoms with Crippen molar-refractivity contribution < 1.29 is 4.43 Å². The van der Waals surface area contributed by atoms with Crippen LogP contribution in [-0.4, -0.2) is 32.5 Å².